The molecule has 0 bridgehead atoms. The van der Waals surface area contributed by atoms with Gasteiger partial charge in [0.2, 0.25) is 5.91 Å². The van der Waals surface area contributed by atoms with Crippen molar-refractivity contribution in [1.82, 2.24) is 19.9 Å². The van der Waals surface area contributed by atoms with E-state index in [2.05, 4.69) is 20.4 Å². The average molecular weight is 399 g/mol. The quantitative estimate of drug-likeness (QED) is 0.733. The molecule has 0 radical (unpaired) electrons. The van der Waals surface area contributed by atoms with Gasteiger partial charge in [0.1, 0.15) is 0 Å². The van der Waals surface area contributed by atoms with E-state index in [1.165, 1.54) is 6.42 Å². The summed E-state index contributed by atoms with van der Waals surface area (Å²) in [5, 5.41) is 20.5. The number of ether oxygens (including phenoxy) is 1. The Kier molecular flexibility index (Phi) is 5.94. The zero-order valence-electron chi connectivity index (χ0n) is 16.9. The number of benzene rings is 1. The summed E-state index contributed by atoms with van der Waals surface area (Å²) >= 11 is 0. The fourth-order valence-corrected chi connectivity index (χ4v) is 4.22. The fourth-order valence-electron chi connectivity index (χ4n) is 4.22. The van der Waals surface area contributed by atoms with Gasteiger partial charge in [0, 0.05) is 38.0 Å². The van der Waals surface area contributed by atoms with Crippen LogP contribution in [-0.4, -0.2) is 62.3 Å². The second-order valence-electron chi connectivity index (χ2n) is 8.14. The number of nitrogens with zero attached hydrogens (tertiary/aromatic N) is 4. The maximum absolute atomic E-state index is 12.5. The van der Waals surface area contributed by atoms with Crippen LogP contribution >= 0.6 is 0 Å². The Morgan fingerprint density at radius 3 is 2.76 bits per heavy atom. The van der Waals surface area contributed by atoms with Crippen LogP contribution in [-0.2, 0) is 29.5 Å². The van der Waals surface area contributed by atoms with Gasteiger partial charge >= 0.3 is 0 Å². The lowest BCUT2D eigenvalue weighted by atomic mass is 9.74. The highest BCUT2D eigenvalue weighted by molar-refractivity contribution is 5.91. The summed E-state index contributed by atoms with van der Waals surface area (Å²) in [6, 6.07) is 7.58. The van der Waals surface area contributed by atoms with Crippen molar-refractivity contribution >= 4 is 11.6 Å². The second-order valence-corrected chi connectivity index (χ2v) is 8.14. The van der Waals surface area contributed by atoms with Gasteiger partial charge in [-0.25, -0.2) is 0 Å². The highest BCUT2D eigenvalue weighted by Gasteiger charge is 2.47. The van der Waals surface area contributed by atoms with E-state index < -0.39 is 0 Å². The number of carbonyl (C=O) groups excluding carboxylic acids is 1. The standard InChI is InChI=1S/C21H29N5O3/c1-25-22-12-18(24-25)13-26-14-19(29-15-21(26)8-2-9-21)11-20(28)23-17-5-3-16(4-6-17)7-10-27/h3-6,12,19,27H,2,7-11,13-15H2,1H3,(H,23,28). The molecular formula is C21H29N5O3. The van der Waals surface area contributed by atoms with Crippen molar-refractivity contribution in [2.75, 3.05) is 25.1 Å². The molecule has 1 atom stereocenters. The number of anilines is 1. The van der Waals surface area contributed by atoms with Crippen LogP contribution in [0.1, 0.15) is 36.9 Å². The van der Waals surface area contributed by atoms with Crippen molar-refractivity contribution in [3.8, 4) is 0 Å². The van der Waals surface area contributed by atoms with Crippen molar-refractivity contribution in [2.24, 2.45) is 7.05 Å². The number of aryl methyl sites for hydroxylation is 1. The lowest BCUT2D eigenvalue weighted by molar-refractivity contribution is -0.152. The summed E-state index contributed by atoms with van der Waals surface area (Å²) in [7, 11) is 1.82. The predicted octanol–water partition coefficient (Wildman–Crippen LogP) is 1.50. The summed E-state index contributed by atoms with van der Waals surface area (Å²) in [5.41, 5.74) is 2.85. The van der Waals surface area contributed by atoms with Crippen LogP contribution in [0.3, 0.4) is 0 Å². The molecule has 1 spiro atoms. The Morgan fingerprint density at radius 2 is 2.14 bits per heavy atom. The largest absolute Gasteiger partial charge is 0.396 e. The molecule has 1 aromatic heterocycles. The van der Waals surface area contributed by atoms with Crippen LogP contribution in [0.25, 0.3) is 0 Å². The number of hydrogen-bond donors (Lipinski definition) is 2. The van der Waals surface area contributed by atoms with E-state index in [0.717, 1.165) is 42.9 Å². The highest BCUT2D eigenvalue weighted by atomic mass is 16.5. The van der Waals surface area contributed by atoms with Gasteiger partial charge in [0.05, 0.1) is 31.0 Å². The lowest BCUT2D eigenvalue weighted by Crippen LogP contribution is -2.62. The van der Waals surface area contributed by atoms with Crippen molar-refractivity contribution < 1.29 is 14.6 Å². The Balaban J connectivity index is 1.34. The molecule has 2 fully saturated rings. The van der Waals surface area contributed by atoms with E-state index in [1.807, 2.05) is 37.5 Å². The Morgan fingerprint density at radius 1 is 1.34 bits per heavy atom. The Hall–Kier alpha value is -2.29. The predicted molar refractivity (Wildman–Crippen MR) is 108 cm³/mol. The van der Waals surface area contributed by atoms with E-state index >= 15 is 0 Å². The molecule has 4 rings (SSSR count). The minimum atomic E-state index is -0.133. The first-order chi connectivity index (χ1) is 14.1. The summed E-state index contributed by atoms with van der Waals surface area (Å²) in [5.74, 6) is -0.0473. The number of rotatable bonds is 7. The second kappa shape index (κ2) is 8.61. The first-order valence-electron chi connectivity index (χ1n) is 10.3. The molecule has 2 heterocycles. The van der Waals surface area contributed by atoms with Crippen LogP contribution in [0.2, 0.25) is 0 Å². The molecule has 29 heavy (non-hydrogen) atoms. The van der Waals surface area contributed by atoms with E-state index in [0.29, 0.717) is 19.4 Å². The van der Waals surface area contributed by atoms with E-state index in [9.17, 15) is 4.79 Å². The lowest BCUT2D eigenvalue weighted by Gasteiger charge is -2.54. The third-order valence-electron chi connectivity index (χ3n) is 6.02. The van der Waals surface area contributed by atoms with Gasteiger partial charge < -0.3 is 15.2 Å². The first-order valence-corrected chi connectivity index (χ1v) is 10.3. The molecule has 2 aromatic rings. The molecule has 2 aliphatic rings. The van der Waals surface area contributed by atoms with Gasteiger partial charge in [-0.3, -0.25) is 9.69 Å². The number of aliphatic hydroxyl groups excluding tert-OH is 1. The maximum Gasteiger partial charge on any atom is 0.227 e. The molecule has 1 unspecified atom stereocenters. The topological polar surface area (TPSA) is 92.5 Å². The first kappa shape index (κ1) is 20.0. The van der Waals surface area contributed by atoms with Crippen LogP contribution in [0.15, 0.2) is 30.5 Å². The molecule has 1 aliphatic carbocycles. The average Bonchev–Trinajstić information content (AvgIpc) is 3.07. The van der Waals surface area contributed by atoms with Gasteiger partial charge in [0.25, 0.3) is 0 Å². The zero-order chi connectivity index (χ0) is 20.3. The maximum atomic E-state index is 12.5. The number of morpholine rings is 1. The van der Waals surface area contributed by atoms with Gasteiger partial charge in [0.15, 0.2) is 0 Å². The summed E-state index contributed by atoms with van der Waals surface area (Å²) in [6.07, 6.45) is 6.10. The number of nitrogens with one attached hydrogen (secondary N) is 1. The van der Waals surface area contributed by atoms with E-state index in [1.54, 1.807) is 4.80 Å². The van der Waals surface area contributed by atoms with E-state index in [-0.39, 0.29) is 24.2 Å². The molecular weight excluding hydrogens is 370 g/mol. The number of aliphatic hydroxyl groups is 1. The molecule has 1 aromatic carbocycles. The van der Waals surface area contributed by atoms with Gasteiger partial charge in [-0.15, -0.1) is 0 Å². The molecule has 1 aliphatic heterocycles. The monoisotopic (exact) mass is 399 g/mol. The summed E-state index contributed by atoms with van der Waals surface area (Å²) in [6.45, 7) is 2.25. The number of aromatic nitrogens is 3. The minimum absolute atomic E-state index is 0.0473. The molecule has 1 saturated carbocycles. The van der Waals surface area contributed by atoms with Crippen LogP contribution in [0, 0.1) is 0 Å². The third-order valence-corrected chi connectivity index (χ3v) is 6.02. The van der Waals surface area contributed by atoms with Gasteiger partial charge in [-0.1, -0.05) is 12.1 Å². The molecule has 1 saturated heterocycles. The van der Waals surface area contributed by atoms with Gasteiger partial charge in [-0.2, -0.15) is 15.0 Å². The normalized spacial score (nSPS) is 21.1. The minimum Gasteiger partial charge on any atom is -0.396 e. The molecule has 1 amide bonds. The summed E-state index contributed by atoms with van der Waals surface area (Å²) < 4.78 is 6.10. The SMILES string of the molecule is Cn1ncc(CN2CC(CC(=O)Nc3ccc(CCO)cc3)OCC23CCC3)n1. The number of amides is 1. The molecule has 8 nitrogen and oxygen atoms in total. The van der Waals surface area contributed by atoms with Crippen LogP contribution in [0.4, 0.5) is 5.69 Å². The van der Waals surface area contributed by atoms with Crippen molar-refractivity contribution in [3.05, 3.63) is 41.7 Å². The zero-order valence-corrected chi connectivity index (χ0v) is 16.9. The van der Waals surface area contributed by atoms with Crippen molar-refractivity contribution in [1.29, 1.82) is 0 Å². The molecule has 156 valence electrons. The van der Waals surface area contributed by atoms with E-state index in [4.69, 9.17) is 9.84 Å². The number of hydrogen-bond acceptors (Lipinski definition) is 6. The third kappa shape index (κ3) is 4.66. The molecule has 8 heteroatoms. The smallest absolute Gasteiger partial charge is 0.227 e. The summed E-state index contributed by atoms with van der Waals surface area (Å²) in [4.78, 5) is 16.5. The molecule has 2 N–H and O–H groups in total. The highest BCUT2D eigenvalue weighted by Crippen LogP contribution is 2.41. The van der Waals surface area contributed by atoms with Crippen LogP contribution < -0.4 is 5.32 Å². The Labute approximate surface area is 170 Å². The Bertz CT molecular complexity index is 831. The van der Waals surface area contributed by atoms with Gasteiger partial charge in [-0.05, 0) is 43.4 Å². The van der Waals surface area contributed by atoms with Crippen molar-refractivity contribution in [2.45, 2.75) is 50.3 Å². The van der Waals surface area contributed by atoms with Crippen molar-refractivity contribution in [3.63, 3.8) is 0 Å². The van der Waals surface area contributed by atoms with Crippen LogP contribution in [0.5, 0.6) is 0 Å². The fraction of sp³-hybridized carbons (Fsp3) is 0.571. The number of carbonyl (C=O) groups is 1.